The fourth-order valence-corrected chi connectivity index (χ4v) is 5.01. The van der Waals surface area contributed by atoms with E-state index >= 15 is 0 Å². The number of carbonyl (C=O) groups is 3. The molecule has 0 radical (unpaired) electrons. The summed E-state index contributed by atoms with van der Waals surface area (Å²) in [4.78, 5) is 49.2. The summed E-state index contributed by atoms with van der Waals surface area (Å²) in [5, 5.41) is 13.6. The van der Waals surface area contributed by atoms with Crippen molar-refractivity contribution < 1.29 is 19.3 Å². The third-order valence-corrected chi connectivity index (χ3v) is 6.27. The molecule has 3 fully saturated rings. The molecule has 3 amide bonds. The fourth-order valence-electron chi connectivity index (χ4n) is 5.01. The number of likely N-dealkylation sites (tertiary alicyclic amines) is 1. The van der Waals surface area contributed by atoms with E-state index in [2.05, 4.69) is 5.32 Å². The smallest absolute Gasteiger partial charge is 0.274 e. The summed E-state index contributed by atoms with van der Waals surface area (Å²) < 4.78 is 0. The second kappa shape index (κ2) is 6.44. The van der Waals surface area contributed by atoms with E-state index in [1.54, 1.807) is 19.1 Å². The number of nitrogens with one attached hydrogen (secondary N) is 1. The zero-order valence-corrected chi connectivity index (χ0v) is 15.0. The predicted octanol–water partition coefficient (Wildman–Crippen LogP) is 2.26. The molecule has 2 aliphatic carbocycles. The number of anilines is 1. The van der Waals surface area contributed by atoms with Crippen molar-refractivity contribution in [2.24, 2.45) is 23.7 Å². The summed E-state index contributed by atoms with van der Waals surface area (Å²) in [6, 6.07) is 4.47. The van der Waals surface area contributed by atoms with Gasteiger partial charge < -0.3 is 5.32 Å². The largest absolute Gasteiger partial charge is 0.326 e. The number of benzene rings is 1. The first-order valence-electron chi connectivity index (χ1n) is 9.27. The zero-order chi connectivity index (χ0) is 19.3. The van der Waals surface area contributed by atoms with Crippen molar-refractivity contribution in [1.82, 2.24) is 4.90 Å². The Morgan fingerprint density at radius 3 is 2.44 bits per heavy atom. The average Bonchev–Trinajstić information content (AvgIpc) is 3.29. The summed E-state index contributed by atoms with van der Waals surface area (Å²) in [7, 11) is 0. The lowest BCUT2D eigenvalue weighted by Gasteiger charge is -2.19. The van der Waals surface area contributed by atoms with Gasteiger partial charge in [-0.2, -0.15) is 0 Å². The van der Waals surface area contributed by atoms with E-state index in [-0.39, 0.29) is 48.2 Å². The van der Waals surface area contributed by atoms with Crippen LogP contribution >= 0.6 is 0 Å². The Bertz CT molecular complexity index is 824. The van der Waals surface area contributed by atoms with Crippen LogP contribution in [0.1, 0.15) is 31.2 Å². The molecule has 4 rings (SSSR count). The number of carbonyl (C=O) groups excluding carboxylic acids is 3. The van der Waals surface area contributed by atoms with Crippen LogP contribution in [0, 0.1) is 40.7 Å². The number of nitro groups is 1. The molecule has 8 heteroatoms. The van der Waals surface area contributed by atoms with Gasteiger partial charge in [0.05, 0.1) is 16.8 Å². The topological polar surface area (TPSA) is 110 Å². The Morgan fingerprint density at radius 1 is 1.22 bits per heavy atom. The van der Waals surface area contributed by atoms with Crippen molar-refractivity contribution in [3.05, 3.63) is 33.9 Å². The first-order chi connectivity index (χ1) is 12.9. The van der Waals surface area contributed by atoms with Crippen LogP contribution in [0.4, 0.5) is 11.4 Å². The molecule has 1 aromatic carbocycles. The van der Waals surface area contributed by atoms with E-state index in [1.165, 1.54) is 11.0 Å². The number of imide groups is 1. The number of amides is 3. The van der Waals surface area contributed by atoms with Gasteiger partial charge >= 0.3 is 0 Å². The van der Waals surface area contributed by atoms with E-state index in [9.17, 15) is 24.5 Å². The molecule has 1 aliphatic heterocycles. The van der Waals surface area contributed by atoms with Gasteiger partial charge in [0.1, 0.15) is 0 Å². The Kier molecular flexibility index (Phi) is 4.20. The minimum atomic E-state index is -0.500. The second-order valence-corrected chi connectivity index (χ2v) is 7.77. The number of aryl methyl sites for hydroxylation is 1. The third-order valence-electron chi connectivity index (χ3n) is 6.27. The van der Waals surface area contributed by atoms with Crippen LogP contribution < -0.4 is 5.32 Å². The molecular formula is C19H21N3O5. The minimum absolute atomic E-state index is 0.0199. The lowest BCUT2D eigenvalue weighted by molar-refractivity contribution is -0.385. The first-order valence-corrected chi connectivity index (χ1v) is 9.27. The van der Waals surface area contributed by atoms with Gasteiger partial charge in [0.2, 0.25) is 17.7 Å². The number of hydrogen-bond acceptors (Lipinski definition) is 5. The Balaban J connectivity index is 1.37. The number of nitrogens with zero attached hydrogens (tertiary/aromatic N) is 2. The normalized spacial score (nSPS) is 28.6. The predicted molar refractivity (Wildman–Crippen MR) is 95.6 cm³/mol. The Morgan fingerprint density at radius 2 is 1.85 bits per heavy atom. The summed E-state index contributed by atoms with van der Waals surface area (Å²) in [6.07, 6.45) is 3.00. The number of fused-ring (bicyclic) bond motifs is 5. The molecule has 4 atom stereocenters. The van der Waals surface area contributed by atoms with Gasteiger partial charge in [-0.3, -0.25) is 29.4 Å². The number of hydrogen-bond donors (Lipinski definition) is 1. The van der Waals surface area contributed by atoms with E-state index in [1.807, 2.05) is 0 Å². The summed E-state index contributed by atoms with van der Waals surface area (Å²) in [5.41, 5.74) is 0.764. The fraction of sp³-hybridized carbons (Fsp3) is 0.526. The van der Waals surface area contributed by atoms with Crippen LogP contribution in [-0.2, 0) is 14.4 Å². The molecule has 0 spiro atoms. The summed E-state index contributed by atoms with van der Waals surface area (Å²) >= 11 is 0. The molecule has 1 heterocycles. The molecular weight excluding hydrogens is 350 g/mol. The molecule has 0 unspecified atom stereocenters. The lowest BCUT2D eigenvalue weighted by atomic mass is 9.81. The maximum Gasteiger partial charge on any atom is 0.274 e. The van der Waals surface area contributed by atoms with Crippen LogP contribution in [0.15, 0.2) is 18.2 Å². The highest BCUT2D eigenvalue weighted by Gasteiger charge is 2.60. The molecule has 2 bridgehead atoms. The molecule has 1 saturated heterocycles. The van der Waals surface area contributed by atoms with E-state index in [0.717, 1.165) is 19.3 Å². The molecule has 142 valence electrons. The maximum atomic E-state index is 12.6. The molecule has 1 N–H and O–H groups in total. The lowest BCUT2D eigenvalue weighted by Crippen LogP contribution is -2.35. The average molecular weight is 371 g/mol. The molecule has 1 aromatic rings. The third kappa shape index (κ3) is 2.89. The van der Waals surface area contributed by atoms with Gasteiger partial charge in [-0.15, -0.1) is 0 Å². The van der Waals surface area contributed by atoms with Gasteiger partial charge in [0.15, 0.2) is 0 Å². The maximum absolute atomic E-state index is 12.6. The van der Waals surface area contributed by atoms with Crippen molar-refractivity contribution in [3.8, 4) is 0 Å². The zero-order valence-electron chi connectivity index (χ0n) is 15.0. The van der Waals surface area contributed by atoms with Gasteiger partial charge in [0.25, 0.3) is 5.69 Å². The van der Waals surface area contributed by atoms with Crippen molar-refractivity contribution in [1.29, 1.82) is 0 Å². The minimum Gasteiger partial charge on any atom is -0.326 e. The molecule has 8 nitrogen and oxygen atoms in total. The van der Waals surface area contributed by atoms with E-state index in [4.69, 9.17) is 0 Å². The second-order valence-electron chi connectivity index (χ2n) is 7.77. The van der Waals surface area contributed by atoms with Crippen LogP contribution in [0.3, 0.4) is 0 Å². The molecule has 27 heavy (non-hydrogen) atoms. The van der Waals surface area contributed by atoms with Crippen molar-refractivity contribution in [3.63, 3.8) is 0 Å². The van der Waals surface area contributed by atoms with Gasteiger partial charge in [-0.05, 0) is 44.1 Å². The van der Waals surface area contributed by atoms with Crippen molar-refractivity contribution >= 4 is 29.1 Å². The van der Waals surface area contributed by atoms with E-state index in [0.29, 0.717) is 23.1 Å². The standard InChI is InChI=1S/C19H21N3O5/c1-10-2-5-13(9-14(10)22(26)27)20-15(23)6-7-21-18(24)16-11-3-4-12(8-11)17(16)19(21)25/h2,5,9,11-12,16-17H,3-4,6-8H2,1H3,(H,20,23)/t11-,12+,16-,17+. The summed E-state index contributed by atoms with van der Waals surface area (Å²) in [5.74, 6) is -0.356. The van der Waals surface area contributed by atoms with Crippen LogP contribution in [0.25, 0.3) is 0 Å². The summed E-state index contributed by atoms with van der Waals surface area (Å²) in [6.45, 7) is 1.68. The van der Waals surface area contributed by atoms with Crippen LogP contribution in [0.5, 0.6) is 0 Å². The number of rotatable bonds is 5. The van der Waals surface area contributed by atoms with Gasteiger partial charge in [-0.1, -0.05) is 6.07 Å². The Labute approximate surface area is 156 Å². The van der Waals surface area contributed by atoms with Crippen molar-refractivity contribution in [2.45, 2.75) is 32.6 Å². The van der Waals surface area contributed by atoms with Crippen LogP contribution in [0.2, 0.25) is 0 Å². The SMILES string of the molecule is Cc1ccc(NC(=O)CCN2C(=O)[C@@H]3[C@@H]4CC[C@@H](C4)[C@@H]3C2=O)cc1[N+](=O)[O-]. The Hall–Kier alpha value is -2.77. The highest BCUT2D eigenvalue weighted by molar-refractivity contribution is 6.06. The monoisotopic (exact) mass is 371 g/mol. The highest BCUT2D eigenvalue weighted by Crippen LogP contribution is 2.56. The number of nitro benzene ring substituents is 1. The van der Waals surface area contributed by atoms with Gasteiger partial charge in [-0.25, -0.2) is 0 Å². The molecule has 2 saturated carbocycles. The van der Waals surface area contributed by atoms with Crippen molar-refractivity contribution in [2.75, 3.05) is 11.9 Å². The van der Waals surface area contributed by atoms with Crippen LogP contribution in [-0.4, -0.2) is 34.1 Å². The molecule has 0 aromatic heterocycles. The van der Waals surface area contributed by atoms with E-state index < -0.39 is 4.92 Å². The highest BCUT2D eigenvalue weighted by atomic mass is 16.6. The quantitative estimate of drug-likeness (QED) is 0.485. The molecule has 3 aliphatic rings. The van der Waals surface area contributed by atoms with Gasteiger partial charge in [0, 0.05) is 30.3 Å². The first kappa shape index (κ1) is 17.6.